The van der Waals surface area contributed by atoms with Crippen molar-refractivity contribution in [1.29, 1.82) is 0 Å². The molecule has 4 heteroatoms. The van der Waals surface area contributed by atoms with Crippen LogP contribution in [0.15, 0.2) is 24.3 Å². The number of nitrogens with one attached hydrogen (secondary N) is 1. The van der Waals surface area contributed by atoms with E-state index in [1.165, 1.54) is 0 Å². The molecule has 1 aromatic rings. The standard InChI is InChI=1S/C10H6ClNO2/c11-6-5-8-7-3-1-2-4-9(7)14-12-10(8)13/h1-4,8H,(H,12,13). The zero-order valence-corrected chi connectivity index (χ0v) is 7.84. The summed E-state index contributed by atoms with van der Waals surface area (Å²) in [6, 6.07) is 7.20. The molecule has 1 heterocycles. The molecule has 0 fully saturated rings. The number of hydroxylamine groups is 1. The van der Waals surface area contributed by atoms with Crippen molar-refractivity contribution in [2.75, 3.05) is 0 Å². The van der Waals surface area contributed by atoms with Crippen molar-refractivity contribution in [2.45, 2.75) is 5.92 Å². The smallest absolute Gasteiger partial charge is 0.272 e. The number of fused-ring (bicyclic) bond motifs is 1. The van der Waals surface area contributed by atoms with Crippen molar-refractivity contribution in [3.8, 4) is 17.0 Å². The second kappa shape index (κ2) is 3.60. The van der Waals surface area contributed by atoms with Gasteiger partial charge in [-0.25, -0.2) is 0 Å². The third-order valence-electron chi connectivity index (χ3n) is 1.95. The van der Waals surface area contributed by atoms with E-state index < -0.39 is 5.92 Å². The molecule has 1 atom stereocenters. The average Bonchev–Trinajstić information content (AvgIpc) is 2.23. The maximum Gasteiger partial charge on any atom is 0.272 e. The van der Waals surface area contributed by atoms with E-state index in [0.717, 1.165) is 5.56 Å². The van der Waals surface area contributed by atoms with E-state index in [0.29, 0.717) is 5.75 Å². The minimum atomic E-state index is -0.544. The molecule has 14 heavy (non-hydrogen) atoms. The summed E-state index contributed by atoms with van der Waals surface area (Å²) in [6.07, 6.45) is 0. The van der Waals surface area contributed by atoms with Gasteiger partial charge in [0.1, 0.15) is 5.92 Å². The quantitative estimate of drug-likeness (QED) is 0.653. The lowest BCUT2D eigenvalue weighted by molar-refractivity contribution is -0.129. The first-order chi connectivity index (χ1) is 6.83. The molecule has 0 saturated heterocycles. The molecule has 0 bridgehead atoms. The summed E-state index contributed by atoms with van der Waals surface area (Å²) in [7, 11) is 0. The molecule has 0 aromatic heterocycles. The predicted molar refractivity (Wildman–Crippen MR) is 51.6 cm³/mol. The van der Waals surface area contributed by atoms with Crippen LogP contribution in [0.3, 0.4) is 0 Å². The van der Waals surface area contributed by atoms with Crippen LogP contribution in [0.25, 0.3) is 0 Å². The number of para-hydroxylation sites is 1. The maximum absolute atomic E-state index is 11.3. The molecule has 0 radical (unpaired) electrons. The highest BCUT2D eigenvalue weighted by molar-refractivity contribution is 6.30. The van der Waals surface area contributed by atoms with Crippen LogP contribution in [-0.2, 0) is 4.79 Å². The molecule has 1 aromatic carbocycles. The van der Waals surface area contributed by atoms with Crippen molar-refractivity contribution in [3.05, 3.63) is 29.8 Å². The number of hydrogen-bond donors (Lipinski definition) is 1. The number of amides is 1. The predicted octanol–water partition coefficient (Wildman–Crippen LogP) is 1.39. The Hall–Kier alpha value is -1.66. The Morgan fingerprint density at radius 2 is 2.21 bits per heavy atom. The molecule has 1 amide bonds. The van der Waals surface area contributed by atoms with Crippen LogP contribution in [0.4, 0.5) is 0 Å². The fourth-order valence-corrected chi connectivity index (χ4v) is 1.42. The Morgan fingerprint density at radius 3 is 3.00 bits per heavy atom. The van der Waals surface area contributed by atoms with E-state index in [1.54, 1.807) is 12.1 Å². The van der Waals surface area contributed by atoms with Crippen LogP contribution >= 0.6 is 11.6 Å². The summed E-state index contributed by atoms with van der Waals surface area (Å²) in [5.74, 6) is 2.38. The van der Waals surface area contributed by atoms with Gasteiger partial charge in [-0.1, -0.05) is 24.1 Å². The summed E-state index contributed by atoms with van der Waals surface area (Å²) < 4.78 is 0. The molecule has 3 nitrogen and oxygen atoms in total. The highest BCUT2D eigenvalue weighted by Gasteiger charge is 2.27. The van der Waals surface area contributed by atoms with E-state index >= 15 is 0 Å². The second-order valence-corrected chi connectivity index (χ2v) is 2.97. The van der Waals surface area contributed by atoms with Crippen molar-refractivity contribution in [1.82, 2.24) is 5.48 Å². The van der Waals surface area contributed by atoms with Gasteiger partial charge >= 0.3 is 0 Å². The number of hydrogen-bond acceptors (Lipinski definition) is 2. The zero-order chi connectivity index (χ0) is 9.97. The normalized spacial score (nSPS) is 18.4. The Labute approximate surface area is 86.0 Å². The number of halogens is 1. The van der Waals surface area contributed by atoms with Crippen molar-refractivity contribution < 1.29 is 9.63 Å². The summed E-state index contributed by atoms with van der Waals surface area (Å²) in [6.45, 7) is 0. The van der Waals surface area contributed by atoms with Crippen LogP contribution in [0.5, 0.6) is 5.75 Å². The molecule has 1 N–H and O–H groups in total. The third-order valence-corrected chi connectivity index (χ3v) is 2.06. The van der Waals surface area contributed by atoms with Crippen LogP contribution in [0.2, 0.25) is 0 Å². The molecular formula is C10H6ClNO2. The minimum Gasteiger partial charge on any atom is -0.379 e. The topological polar surface area (TPSA) is 38.3 Å². The van der Waals surface area contributed by atoms with E-state index in [9.17, 15) is 4.79 Å². The van der Waals surface area contributed by atoms with Gasteiger partial charge in [0, 0.05) is 10.9 Å². The Kier molecular flexibility index (Phi) is 2.30. The van der Waals surface area contributed by atoms with Gasteiger partial charge in [-0.3, -0.25) is 4.79 Å². The van der Waals surface area contributed by atoms with E-state index in [-0.39, 0.29) is 5.91 Å². The SMILES string of the molecule is O=C1NOc2ccccc2C1C#CCl. The molecule has 0 spiro atoms. The van der Waals surface area contributed by atoms with Crippen LogP contribution < -0.4 is 10.3 Å². The van der Waals surface area contributed by atoms with E-state index in [1.807, 2.05) is 12.1 Å². The number of benzene rings is 1. The lowest BCUT2D eigenvalue weighted by Crippen LogP contribution is -2.36. The van der Waals surface area contributed by atoms with Gasteiger partial charge in [0.25, 0.3) is 5.91 Å². The van der Waals surface area contributed by atoms with Gasteiger partial charge in [0.15, 0.2) is 5.75 Å². The van der Waals surface area contributed by atoms with Gasteiger partial charge in [0.05, 0.1) is 0 Å². The Morgan fingerprint density at radius 1 is 1.43 bits per heavy atom. The fourth-order valence-electron chi connectivity index (χ4n) is 1.32. The van der Waals surface area contributed by atoms with Crippen LogP contribution in [0, 0.1) is 11.3 Å². The maximum atomic E-state index is 11.3. The second-order valence-electron chi connectivity index (χ2n) is 2.78. The van der Waals surface area contributed by atoms with Crippen molar-refractivity contribution >= 4 is 17.5 Å². The Bertz CT molecular complexity index is 433. The third kappa shape index (κ3) is 1.40. The first-order valence-corrected chi connectivity index (χ1v) is 4.37. The van der Waals surface area contributed by atoms with Crippen LogP contribution in [0.1, 0.15) is 11.5 Å². The average molecular weight is 208 g/mol. The molecule has 1 aliphatic heterocycles. The number of rotatable bonds is 0. The Balaban J connectivity index is 2.49. The minimum absolute atomic E-state index is 0.295. The van der Waals surface area contributed by atoms with E-state index in [2.05, 4.69) is 16.8 Å². The van der Waals surface area contributed by atoms with Crippen molar-refractivity contribution in [3.63, 3.8) is 0 Å². The molecule has 70 valence electrons. The summed E-state index contributed by atoms with van der Waals surface area (Å²) >= 11 is 5.28. The summed E-state index contributed by atoms with van der Waals surface area (Å²) in [5, 5.41) is 2.21. The van der Waals surface area contributed by atoms with Gasteiger partial charge < -0.3 is 4.84 Å². The van der Waals surface area contributed by atoms with Gasteiger partial charge in [0.2, 0.25) is 0 Å². The largest absolute Gasteiger partial charge is 0.379 e. The lowest BCUT2D eigenvalue weighted by Gasteiger charge is -2.20. The molecule has 0 aliphatic carbocycles. The highest BCUT2D eigenvalue weighted by atomic mass is 35.5. The van der Waals surface area contributed by atoms with Crippen molar-refractivity contribution in [2.24, 2.45) is 0 Å². The number of carbonyl (C=O) groups excluding carboxylic acids is 1. The lowest BCUT2D eigenvalue weighted by atomic mass is 9.97. The van der Waals surface area contributed by atoms with Crippen LogP contribution in [-0.4, -0.2) is 5.91 Å². The molecule has 1 aliphatic rings. The van der Waals surface area contributed by atoms with Gasteiger partial charge in [-0.15, -0.1) is 0 Å². The highest BCUT2D eigenvalue weighted by Crippen LogP contribution is 2.29. The summed E-state index contributed by atoms with van der Waals surface area (Å²) in [4.78, 5) is 16.4. The van der Waals surface area contributed by atoms with E-state index in [4.69, 9.17) is 16.4 Å². The van der Waals surface area contributed by atoms with Gasteiger partial charge in [-0.05, 0) is 17.7 Å². The first-order valence-electron chi connectivity index (χ1n) is 3.99. The van der Waals surface area contributed by atoms with Gasteiger partial charge in [-0.2, -0.15) is 5.48 Å². The first kappa shape index (κ1) is 8.92. The monoisotopic (exact) mass is 207 g/mol. The fraction of sp³-hybridized carbons (Fsp3) is 0.100. The molecule has 1 unspecified atom stereocenters. The molecular weight excluding hydrogens is 202 g/mol. The number of carbonyl (C=O) groups is 1. The summed E-state index contributed by atoms with van der Waals surface area (Å²) in [5.41, 5.74) is 3.01. The zero-order valence-electron chi connectivity index (χ0n) is 7.08. The molecule has 2 rings (SSSR count). The molecule has 0 saturated carbocycles.